The van der Waals surface area contributed by atoms with Crippen molar-refractivity contribution in [3.05, 3.63) is 23.2 Å². The highest BCUT2D eigenvalue weighted by Crippen LogP contribution is 2.23. The topological polar surface area (TPSA) is 101 Å². The molecule has 7 heteroatoms. The number of primary amides is 1. The highest BCUT2D eigenvalue weighted by atomic mass is 35.5. The fourth-order valence-electron chi connectivity index (χ4n) is 1.53. The van der Waals surface area contributed by atoms with E-state index in [4.69, 9.17) is 23.1 Å². The number of nitrogens with one attached hydrogen (secondary N) is 1. The van der Waals surface area contributed by atoms with E-state index in [0.29, 0.717) is 22.9 Å². The second-order valence-corrected chi connectivity index (χ2v) is 4.46. The number of nitrogens with zero attached hydrogens (tertiary/aromatic N) is 1. The molecular weight excluding hydrogens is 268 g/mol. The van der Waals surface area contributed by atoms with Gasteiger partial charge in [-0.25, -0.2) is 0 Å². The lowest BCUT2D eigenvalue weighted by atomic mass is 10.3. The summed E-state index contributed by atoms with van der Waals surface area (Å²) in [5, 5.41) is 3.05. The molecule has 0 unspecified atom stereocenters. The first kappa shape index (κ1) is 15.3. The number of halogens is 1. The minimum atomic E-state index is -0.475. The van der Waals surface area contributed by atoms with Crippen LogP contribution in [-0.4, -0.2) is 36.3 Å². The van der Waals surface area contributed by atoms with Crippen molar-refractivity contribution in [1.29, 1.82) is 0 Å². The van der Waals surface area contributed by atoms with Crippen molar-refractivity contribution in [1.82, 2.24) is 4.90 Å². The van der Waals surface area contributed by atoms with Crippen LogP contribution in [0.15, 0.2) is 18.2 Å². The van der Waals surface area contributed by atoms with Crippen LogP contribution in [0, 0.1) is 0 Å². The fourth-order valence-corrected chi connectivity index (χ4v) is 1.70. The maximum absolute atomic E-state index is 11.8. The van der Waals surface area contributed by atoms with Gasteiger partial charge in [-0.3, -0.25) is 14.5 Å². The first-order valence-corrected chi connectivity index (χ1v) is 6.15. The molecule has 1 rings (SSSR count). The Bertz CT molecular complexity index is 479. The molecule has 0 aromatic heterocycles. The van der Waals surface area contributed by atoms with E-state index in [-0.39, 0.29) is 19.0 Å². The first-order chi connectivity index (χ1) is 8.92. The van der Waals surface area contributed by atoms with Crippen LogP contribution in [-0.2, 0) is 9.59 Å². The normalized spacial score (nSPS) is 10.5. The summed E-state index contributed by atoms with van der Waals surface area (Å²) < 4.78 is 0. The number of hydrogen-bond acceptors (Lipinski definition) is 4. The van der Waals surface area contributed by atoms with Crippen molar-refractivity contribution in [2.75, 3.05) is 30.7 Å². The summed E-state index contributed by atoms with van der Waals surface area (Å²) in [7, 11) is 0. The Morgan fingerprint density at radius 1 is 1.37 bits per heavy atom. The summed E-state index contributed by atoms with van der Waals surface area (Å²) in [6.07, 6.45) is 0. The van der Waals surface area contributed by atoms with Gasteiger partial charge in [0.25, 0.3) is 0 Å². The van der Waals surface area contributed by atoms with Crippen LogP contribution in [0.5, 0.6) is 0 Å². The number of carbonyl (C=O) groups is 2. The molecule has 2 amide bonds. The predicted molar refractivity (Wildman–Crippen MR) is 75.8 cm³/mol. The lowest BCUT2D eigenvalue weighted by Crippen LogP contribution is -2.39. The van der Waals surface area contributed by atoms with Gasteiger partial charge in [0.15, 0.2) is 0 Å². The third-order valence-corrected chi connectivity index (χ3v) is 2.79. The highest BCUT2D eigenvalue weighted by molar-refractivity contribution is 6.33. The average molecular weight is 285 g/mol. The van der Waals surface area contributed by atoms with Crippen LogP contribution in [0.2, 0.25) is 5.02 Å². The molecule has 0 saturated carbocycles. The standard InChI is InChI=1S/C12H17ClN4O2/c1-2-17(6-11(15)18)7-12(19)16-10-5-8(14)3-4-9(10)13/h3-5H,2,6-7,14H2,1H3,(H2,15,18)(H,16,19). The number of likely N-dealkylation sites (N-methyl/N-ethyl adjacent to an activating group) is 1. The molecule has 0 aliphatic heterocycles. The number of benzene rings is 1. The molecule has 104 valence electrons. The Balaban J connectivity index is 2.63. The average Bonchev–Trinajstić information content (AvgIpc) is 2.32. The molecule has 0 heterocycles. The van der Waals surface area contributed by atoms with Crippen LogP contribution in [0.1, 0.15) is 6.92 Å². The summed E-state index contributed by atoms with van der Waals surface area (Å²) in [4.78, 5) is 24.3. The van der Waals surface area contributed by atoms with Gasteiger partial charge in [0.05, 0.1) is 23.8 Å². The van der Waals surface area contributed by atoms with Gasteiger partial charge in [0, 0.05) is 5.69 Å². The molecule has 0 aliphatic rings. The number of hydrogen-bond donors (Lipinski definition) is 3. The summed E-state index contributed by atoms with van der Waals surface area (Å²) in [6, 6.07) is 4.82. The minimum absolute atomic E-state index is 0.0363. The van der Waals surface area contributed by atoms with E-state index in [2.05, 4.69) is 5.32 Å². The number of carbonyl (C=O) groups excluding carboxylic acids is 2. The maximum atomic E-state index is 11.8. The molecular formula is C12H17ClN4O2. The molecule has 0 spiro atoms. The summed E-state index contributed by atoms with van der Waals surface area (Å²) >= 11 is 5.94. The largest absolute Gasteiger partial charge is 0.399 e. The van der Waals surface area contributed by atoms with Crippen LogP contribution >= 0.6 is 11.6 Å². The Labute approximate surface area is 116 Å². The molecule has 1 aromatic carbocycles. The number of nitrogen functional groups attached to an aromatic ring is 1. The van der Waals surface area contributed by atoms with Crippen LogP contribution in [0.4, 0.5) is 11.4 Å². The zero-order chi connectivity index (χ0) is 14.4. The number of nitrogens with two attached hydrogens (primary N) is 2. The SMILES string of the molecule is CCN(CC(N)=O)CC(=O)Nc1cc(N)ccc1Cl. The third-order valence-electron chi connectivity index (χ3n) is 2.46. The van der Waals surface area contributed by atoms with E-state index < -0.39 is 5.91 Å². The molecule has 0 saturated heterocycles. The zero-order valence-corrected chi connectivity index (χ0v) is 11.4. The van der Waals surface area contributed by atoms with Crippen molar-refractivity contribution >= 4 is 34.8 Å². The first-order valence-electron chi connectivity index (χ1n) is 5.78. The Morgan fingerprint density at radius 3 is 2.63 bits per heavy atom. The van der Waals surface area contributed by atoms with E-state index in [0.717, 1.165) is 0 Å². The van der Waals surface area contributed by atoms with E-state index in [1.54, 1.807) is 23.1 Å². The quantitative estimate of drug-likeness (QED) is 0.668. The van der Waals surface area contributed by atoms with Crippen LogP contribution in [0.3, 0.4) is 0 Å². The molecule has 6 nitrogen and oxygen atoms in total. The zero-order valence-electron chi connectivity index (χ0n) is 10.6. The summed E-state index contributed by atoms with van der Waals surface area (Å²) in [6.45, 7) is 2.48. The molecule has 0 radical (unpaired) electrons. The van der Waals surface area contributed by atoms with Gasteiger partial charge in [-0.1, -0.05) is 18.5 Å². The van der Waals surface area contributed by atoms with Gasteiger partial charge >= 0.3 is 0 Å². The van der Waals surface area contributed by atoms with E-state index >= 15 is 0 Å². The highest BCUT2D eigenvalue weighted by Gasteiger charge is 2.12. The molecule has 0 aliphatic carbocycles. The lowest BCUT2D eigenvalue weighted by molar-refractivity contribution is -0.121. The molecule has 1 aromatic rings. The van der Waals surface area contributed by atoms with Crippen molar-refractivity contribution in [3.8, 4) is 0 Å². The molecule has 0 fully saturated rings. The maximum Gasteiger partial charge on any atom is 0.238 e. The van der Waals surface area contributed by atoms with Gasteiger partial charge < -0.3 is 16.8 Å². The Kier molecular flexibility index (Phi) is 5.59. The van der Waals surface area contributed by atoms with Crippen molar-refractivity contribution in [2.45, 2.75) is 6.92 Å². The van der Waals surface area contributed by atoms with Gasteiger partial charge in [0.1, 0.15) is 0 Å². The van der Waals surface area contributed by atoms with E-state index in [9.17, 15) is 9.59 Å². The Morgan fingerprint density at radius 2 is 2.05 bits per heavy atom. The van der Waals surface area contributed by atoms with Crippen molar-refractivity contribution < 1.29 is 9.59 Å². The smallest absolute Gasteiger partial charge is 0.238 e. The van der Waals surface area contributed by atoms with Gasteiger partial charge in [0.2, 0.25) is 11.8 Å². The minimum Gasteiger partial charge on any atom is -0.399 e. The van der Waals surface area contributed by atoms with E-state index in [1.807, 2.05) is 6.92 Å². The molecule has 0 atom stereocenters. The summed E-state index contributed by atoms with van der Waals surface area (Å²) in [5.41, 5.74) is 11.7. The lowest BCUT2D eigenvalue weighted by Gasteiger charge is -2.18. The van der Waals surface area contributed by atoms with Crippen LogP contribution in [0.25, 0.3) is 0 Å². The summed E-state index contributed by atoms with van der Waals surface area (Å²) in [5.74, 6) is -0.757. The number of rotatable bonds is 6. The second kappa shape index (κ2) is 6.96. The van der Waals surface area contributed by atoms with E-state index in [1.165, 1.54) is 0 Å². The van der Waals surface area contributed by atoms with Gasteiger partial charge in [-0.15, -0.1) is 0 Å². The Hall–Kier alpha value is -1.79. The number of amides is 2. The van der Waals surface area contributed by atoms with Crippen molar-refractivity contribution in [3.63, 3.8) is 0 Å². The molecule has 0 bridgehead atoms. The predicted octanol–water partition coefficient (Wildman–Crippen LogP) is 0.668. The number of anilines is 2. The van der Waals surface area contributed by atoms with Gasteiger partial charge in [-0.2, -0.15) is 0 Å². The molecule has 19 heavy (non-hydrogen) atoms. The van der Waals surface area contributed by atoms with Crippen molar-refractivity contribution in [2.24, 2.45) is 5.73 Å². The monoisotopic (exact) mass is 284 g/mol. The van der Waals surface area contributed by atoms with Crippen LogP contribution < -0.4 is 16.8 Å². The fraction of sp³-hybridized carbons (Fsp3) is 0.333. The molecule has 5 N–H and O–H groups in total. The second-order valence-electron chi connectivity index (χ2n) is 4.06. The third kappa shape index (κ3) is 5.15. The van der Waals surface area contributed by atoms with Gasteiger partial charge in [-0.05, 0) is 24.7 Å².